The maximum Gasteiger partial charge on any atom is 0.242 e. The lowest BCUT2D eigenvalue weighted by Gasteiger charge is -2.07. The van der Waals surface area contributed by atoms with Gasteiger partial charge in [-0.1, -0.05) is 0 Å². The molecule has 0 aliphatic heterocycles. The molecular weight excluding hydrogens is 332 g/mol. The summed E-state index contributed by atoms with van der Waals surface area (Å²) in [6, 6.07) is 1.52. The monoisotopic (exact) mass is 344 g/mol. The van der Waals surface area contributed by atoms with E-state index in [-0.39, 0.29) is 4.90 Å². The van der Waals surface area contributed by atoms with Gasteiger partial charge in [-0.25, -0.2) is 18.1 Å². The van der Waals surface area contributed by atoms with Gasteiger partial charge in [-0.2, -0.15) is 0 Å². The molecule has 0 aromatic carbocycles. The zero-order valence-electron chi connectivity index (χ0n) is 10.0. The van der Waals surface area contributed by atoms with Crippen LogP contribution in [0.25, 0.3) is 0 Å². The topological polar surface area (TPSA) is 76.9 Å². The van der Waals surface area contributed by atoms with Gasteiger partial charge in [0.05, 0.1) is 6.33 Å². The predicted octanol–water partition coefficient (Wildman–Crippen LogP) is 1.41. The molecule has 0 aliphatic carbocycles. The third kappa shape index (κ3) is 4.12. The number of nitrogens with zero attached hydrogens (tertiary/aromatic N) is 3. The number of halogens is 1. The summed E-state index contributed by atoms with van der Waals surface area (Å²) in [7, 11) is -3.49. The van der Waals surface area contributed by atoms with Crippen molar-refractivity contribution in [3.63, 3.8) is 0 Å². The number of hydrogen-bond acceptors (Lipinski definition) is 4. The second kappa shape index (κ2) is 6.27. The lowest BCUT2D eigenvalue weighted by molar-refractivity contribution is 0.569. The normalized spacial score (nSPS) is 11.6. The average molecular weight is 345 g/mol. The van der Waals surface area contributed by atoms with Gasteiger partial charge in [-0.3, -0.25) is 4.98 Å². The Morgan fingerprint density at radius 2 is 2.16 bits per heavy atom. The average Bonchev–Trinajstić information content (AvgIpc) is 2.88. The first kappa shape index (κ1) is 14.2. The van der Waals surface area contributed by atoms with Crippen LogP contribution < -0.4 is 4.72 Å². The third-order valence-electron chi connectivity index (χ3n) is 2.43. The van der Waals surface area contributed by atoms with Crippen LogP contribution in [0.15, 0.2) is 46.5 Å². The van der Waals surface area contributed by atoms with Gasteiger partial charge in [0.15, 0.2) is 0 Å². The number of imidazole rings is 1. The highest BCUT2D eigenvalue weighted by atomic mass is 79.9. The molecule has 0 bridgehead atoms. The van der Waals surface area contributed by atoms with Gasteiger partial charge in [0, 0.05) is 42.3 Å². The molecule has 0 aliphatic rings. The van der Waals surface area contributed by atoms with Crippen molar-refractivity contribution in [2.75, 3.05) is 6.54 Å². The minimum absolute atomic E-state index is 0.157. The van der Waals surface area contributed by atoms with Gasteiger partial charge >= 0.3 is 0 Å². The van der Waals surface area contributed by atoms with Crippen LogP contribution >= 0.6 is 15.9 Å². The molecule has 1 N–H and O–H groups in total. The summed E-state index contributed by atoms with van der Waals surface area (Å²) in [6.07, 6.45) is 8.79. The first-order valence-electron chi connectivity index (χ1n) is 5.64. The Morgan fingerprint density at radius 1 is 1.32 bits per heavy atom. The van der Waals surface area contributed by atoms with Crippen molar-refractivity contribution in [2.45, 2.75) is 17.9 Å². The molecule has 0 unspecified atom stereocenters. The second-order valence-electron chi connectivity index (χ2n) is 3.89. The first-order chi connectivity index (χ1) is 9.08. The van der Waals surface area contributed by atoms with Crippen molar-refractivity contribution in [1.29, 1.82) is 0 Å². The first-order valence-corrected chi connectivity index (χ1v) is 7.91. The van der Waals surface area contributed by atoms with Crippen LogP contribution in [0.3, 0.4) is 0 Å². The zero-order chi connectivity index (χ0) is 13.7. The quantitative estimate of drug-likeness (QED) is 0.803. The predicted molar refractivity (Wildman–Crippen MR) is 74.0 cm³/mol. The van der Waals surface area contributed by atoms with E-state index in [1.165, 1.54) is 18.5 Å². The molecular formula is C11H13BrN4O2S. The van der Waals surface area contributed by atoms with Crippen molar-refractivity contribution < 1.29 is 8.42 Å². The van der Waals surface area contributed by atoms with Gasteiger partial charge in [0.1, 0.15) is 4.90 Å². The van der Waals surface area contributed by atoms with Crippen molar-refractivity contribution in [3.8, 4) is 0 Å². The van der Waals surface area contributed by atoms with Crippen molar-refractivity contribution in [1.82, 2.24) is 19.3 Å². The molecule has 0 radical (unpaired) electrons. The van der Waals surface area contributed by atoms with E-state index in [4.69, 9.17) is 0 Å². The van der Waals surface area contributed by atoms with Gasteiger partial charge in [-0.05, 0) is 28.4 Å². The molecule has 0 saturated heterocycles. The molecule has 0 saturated carbocycles. The lowest BCUT2D eigenvalue weighted by atomic mass is 10.4. The highest BCUT2D eigenvalue weighted by Crippen LogP contribution is 2.13. The molecule has 0 atom stereocenters. The molecule has 0 fully saturated rings. The van der Waals surface area contributed by atoms with Crippen molar-refractivity contribution in [3.05, 3.63) is 41.7 Å². The van der Waals surface area contributed by atoms with Gasteiger partial charge < -0.3 is 4.57 Å². The van der Waals surface area contributed by atoms with Crippen LogP contribution in [0.4, 0.5) is 0 Å². The summed E-state index contributed by atoms with van der Waals surface area (Å²) < 4.78 is 29.0. The fraction of sp³-hybridized carbons (Fsp3) is 0.273. The summed E-state index contributed by atoms with van der Waals surface area (Å²) in [5, 5.41) is 0. The Hall–Kier alpha value is -1.25. The molecule has 2 aromatic heterocycles. The second-order valence-corrected chi connectivity index (χ2v) is 6.57. The van der Waals surface area contributed by atoms with E-state index in [0.717, 1.165) is 6.54 Å². The molecule has 2 heterocycles. The molecule has 8 heteroatoms. The Kier molecular flexibility index (Phi) is 4.67. The smallest absolute Gasteiger partial charge is 0.242 e. The van der Waals surface area contributed by atoms with Crippen LogP contribution in [0.1, 0.15) is 6.42 Å². The van der Waals surface area contributed by atoms with Gasteiger partial charge in [0.25, 0.3) is 0 Å². The summed E-state index contributed by atoms with van der Waals surface area (Å²) in [5.74, 6) is 0. The van der Waals surface area contributed by atoms with E-state index in [1.807, 2.05) is 10.8 Å². The summed E-state index contributed by atoms with van der Waals surface area (Å²) >= 11 is 3.20. The SMILES string of the molecule is O=S(=O)(NCCCn1ccnc1)c1cncc(Br)c1. The molecule has 0 amide bonds. The van der Waals surface area contributed by atoms with E-state index in [0.29, 0.717) is 17.4 Å². The largest absolute Gasteiger partial charge is 0.337 e. The number of nitrogens with one attached hydrogen (secondary N) is 1. The summed E-state index contributed by atoms with van der Waals surface area (Å²) in [5.41, 5.74) is 0. The molecule has 102 valence electrons. The minimum Gasteiger partial charge on any atom is -0.337 e. The highest BCUT2D eigenvalue weighted by Gasteiger charge is 2.13. The Morgan fingerprint density at radius 3 is 2.84 bits per heavy atom. The molecule has 19 heavy (non-hydrogen) atoms. The number of hydrogen-bond donors (Lipinski definition) is 1. The number of pyridine rings is 1. The third-order valence-corrected chi connectivity index (χ3v) is 4.30. The van der Waals surface area contributed by atoms with E-state index in [1.54, 1.807) is 12.5 Å². The summed E-state index contributed by atoms with van der Waals surface area (Å²) in [6.45, 7) is 1.09. The maximum atomic E-state index is 12.0. The molecule has 2 aromatic rings. The van der Waals surface area contributed by atoms with Crippen molar-refractivity contribution in [2.24, 2.45) is 0 Å². The van der Waals surface area contributed by atoms with Crippen LogP contribution in [0.2, 0.25) is 0 Å². The van der Waals surface area contributed by atoms with Gasteiger partial charge in [-0.15, -0.1) is 0 Å². The Bertz CT molecular complexity index is 628. The van der Waals surface area contributed by atoms with Crippen LogP contribution in [0, 0.1) is 0 Å². The van der Waals surface area contributed by atoms with E-state index in [2.05, 4.69) is 30.6 Å². The lowest BCUT2D eigenvalue weighted by Crippen LogP contribution is -2.25. The Balaban J connectivity index is 1.88. The molecule has 0 spiro atoms. The fourth-order valence-electron chi connectivity index (χ4n) is 1.51. The highest BCUT2D eigenvalue weighted by molar-refractivity contribution is 9.10. The Labute approximate surface area is 120 Å². The van der Waals surface area contributed by atoms with Crippen LogP contribution in [0.5, 0.6) is 0 Å². The van der Waals surface area contributed by atoms with Gasteiger partial charge in [0.2, 0.25) is 10.0 Å². The fourth-order valence-corrected chi connectivity index (χ4v) is 3.09. The van der Waals surface area contributed by atoms with E-state index in [9.17, 15) is 8.42 Å². The standard InChI is InChI=1S/C11H13BrN4O2S/c12-10-6-11(8-14-7-10)19(17,18)15-2-1-4-16-5-3-13-9-16/h3,5-9,15H,1-2,4H2. The molecule has 2 rings (SSSR count). The number of rotatable bonds is 6. The van der Waals surface area contributed by atoms with E-state index >= 15 is 0 Å². The van der Waals surface area contributed by atoms with Crippen molar-refractivity contribution >= 4 is 26.0 Å². The maximum absolute atomic E-state index is 12.0. The zero-order valence-corrected chi connectivity index (χ0v) is 12.4. The summed E-state index contributed by atoms with van der Waals surface area (Å²) in [4.78, 5) is 7.92. The minimum atomic E-state index is -3.49. The number of aromatic nitrogens is 3. The van der Waals surface area contributed by atoms with E-state index < -0.39 is 10.0 Å². The van der Waals surface area contributed by atoms with Crippen LogP contribution in [-0.2, 0) is 16.6 Å². The molecule has 6 nitrogen and oxygen atoms in total. The number of aryl methyl sites for hydroxylation is 1. The number of sulfonamides is 1. The van der Waals surface area contributed by atoms with Crippen LogP contribution in [-0.4, -0.2) is 29.5 Å².